The van der Waals surface area contributed by atoms with E-state index in [-0.39, 0.29) is 24.1 Å². The normalized spacial score (nSPS) is 10.4. The Kier molecular flexibility index (Phi) is 5.46. The number of nitrogens with one attached hydrogen (secondary N) is 2. The molecule has 4 N–H and O–H groups in total. The van der Waals surface area contributed by atoms with Crippen molar-refractivity contribution in [1.82, 2.24) is 10.3 Å². The average Bonchev–Trinajstić information content (AvgIpc) is 2.97. The molecule has 1 aromatic heterocycles. The SMILES string of the molecule is Cc1cc(C)c(NC(=O)CNC(=O)c2csc(CN)n2)c(C)c1. The molecule has 0 saturated heterocycles. The summed E-state index contributed by atoms with van der Waals surface area (Å²) in [4.78, 5) is 28.0. The Morgan fingerprint density at radius 1 is 1.22 bits per heavy atom. The van der Waals surface area contributed by atoms with Crippen molar-refractivity contribution in [2.75, 3.05) is 11.9 Å². The molecule has 0 atom stereocenters. The smallest absolute Gasteiger partial charge is 0.271 e. The molecule has 0 aliphatic carbocycles. The van der Waals surface area contributed by atoms with Gasteiger partial charge in [-0.1, -0.05) is 17.7 Å². The third-order valence-corrected chi connectivity index (χ3v) is 4.18. The fourth-order valence-corrected chi connectivity index (χ4v) is 2.98. The summed E-state index contributed by atoms with van der Waals surface area (Å²) in [6.45, 7) is 6.08. The molecule has 0 spiro atoms. The number of thiazole rings is 1. The van der Waals surface area contributed by atoms with E-state index in [0.717, 1.165) is 22.4 Å². The maximum absolute atomic E-state index is 12.0. The quantitative estimate of drug-likeness (QED) is 0.779. The van der Waals surface area contributed by atoms with Gasteiger partial charge >= 0.3 is 0 Å². The molecule has 0 unspecified atom stereocenters. The van der Waals surface area contributed by atoms with Gasteiger partial charge in [-0.25, -0.2) is 4.98 Å². The monoisotopic (exact) mass is 332 g/mol. The largest absolute Gasteiger partial charge is 0.342 e. The molecule has 0 saturated carbocycles. The van der Waals surface area contributed by atoms with Gasteiger partial charge in [0.05, 0.1) is 6.54 Å². The van der Waals surface area contributed by atoms with Crippen molar-refractivity contribution >= 4 is 28.8 Å². The van der Waals surface area contributed by atoms with E-state index in [0.29, 0.717) is 11.6 Å². The van der Waals surface area contributed by atoms with Crippen LogP contribution in [0.5, 0.6) is 0 Å². The maximum Gasteiger partial charge on any atom is 0.271 e. The number of hydrogen-bond donors (Lipinski definition) is 3. The molecule has 0 aliphatic heterocycles. The number of nitrogens with two attached hydrogens (primary N) is 1. The highest BCUT2D eigenvalue weighted by Gasteiger charge is 2.13. The van der Waals surface area contributed by atoms with Crippen LogP contribution in [-0.4, -0.2) is 23.3 Å². The Bertz CT molecular complexity index is 716. The highest BCUT2D eigenvalue weighted by atomic mass is 32.1. The summed E-state index contributed by atoms with van der Waals surface area (Å²) in [7, 11) is 0. The number of anilines is 1. The number of carbonyl (C=O) groups excluding carboxylic acids is 2. The molecule has 2 aromatic rings. The minimum absolute atomic E-state index is 0.110. The number of aryl methyl sites for hydroxylation is 3. The number of rotatable bonds is 5. The fraction of sp³-hybridized carbons (Fsp3) is 0.312. The van der Waals surface area contributed by atoms with Gasteiger partial charge in [-0.05, 0) is 31.9 Å². The molecule has 2 rings (SSSR count). The highest BCUT2D eigenvalue weighted by molar-refractivity contribution is 7.09. The van der Waals surface area contributed by atoms with E-state index in [9.17, 15) is 9.59 Å². The molecule has 7 heteroatoms. The van der Waals surface area contributed by atoms with Crippen LogP contribution in [0.2, 0.25) is 0 Å². The Morgan fingerprint density at radius 3 is 2.43 bits per heavy atom. The van der Waals surface area contributed by atoms with Crippen molar-refractivity contribution in [1.29, 1.82) is 0 Å². The average molecular weight is 332 g/mol. The first-order valence-electron chi connectivity index (χ1n) is 7.21. The van der Waals surface area contributed by atoms with E-state index < -0.39 is 0 Å². The number of carbonyl (C=O) groups is 2. The third kappa shape index (κ3) is 4.37. The summed E-state index contributed by atoms with van der Waals surface area (Å²) in [5.74, 6) is -0.656. The topological polar surface area (TPSA) is 97.1 Å². The zero-order valence-electron chi connectivity index (χ0n) is 13.4. The van der Waals surface area contributed by atoms with E-state index >= 15 is 0 Å². The zero-order chi connectivity index (χ0) is 17.0. The Balaban J connectivity index is 1.94. The van der Waals surface area contributed by atoms with Gasteiger partial charge in [0.1, 0.15) is 10.7 Å². The van der Waals surface area contributed by atoms with Crippen LogP contribution in [0.3, 0.4) is 0 Å². The van der Waals surface area contributed by atoms with Gasteiger partial charge in [0, 0.05) is 17.6 Å². The molecule has 2 amide bonds. The summed E-state index contributed by atoms with van der Waals surface area (Å²) < 4.78 is 0. The van der Waals surface area contributed by atoms with Gasteiger partial charge in [-0.3, -0.25) is 9.59 Å². The van der Waals surface area contributed by atoms with Crippen molar-refractivity contribution in [2.24, 2.45) is 5.73 Å². The molecule has 1 heterocycles. The van der Waals surface area contributed by atoms with Crippen LogP contribution in [0.15, 0.2) is 17.5 Å². The number of aromatic nitrogens is 1. The van der Waals surface area contributed by atoms with E-state index in [2.05, 4.69) is 15.6 Å². The predicted octanol–water partition coefficient (Wildman–Crippen LogP) is 1.90. The summed E-state index contributed by atoms with van der Waals surface area (Å²) in [6.07, 6.45) is 0. The van der Waals surface area contributed by atoms with E-state index in [1.165, 1.54) is 11.3 Å². The first-order valence-corrected chi connectivity index (χ1v) is 8.09. The van der Waals surface area contributed by atoms with Gasteiger partial charge in [0.2, 0.25) is 5.91 Å². The summed E-state index contributed by atoms with van der Waals surface area (Å²) in [5.41, 5.74) is 9.67. The fourth-order valence-electron chi connectivity index (χ4n) is 2.32. The van der Waals surface area contributed by atoms with E-state index in [1.807, 2.05) is 32.9 Å². The highest BCUT2D eigenvalue weighted by Crippen LogP contribution is 2.21. The van der Waals surface area contributed by atoms with Gasteiger partial charge in [0.25, 0.3) is 5.91 Å². The third-order valence-electron chi connectivity index (χ3n) is 3.31. The Hall–Kier alpha value is -2.25. The van der Waals surface area contributed by atoms with Gasteiger partial charge in [-0.2, -0.15) is 0 Å². The molecule has 1 aromatic carbocycles. The lowest BCUT2D eigenvalue weighted by atomic mass is 10.1. The van der Waals surface area contributed by atoms with Crippen LogP contribution in [0.4, 0.5) is 5.69 Å². The number of benzene rings is 1. The first-order chi connectivity index (χ1) is 10.9. The second-order valence-electron chi connectivity index (χ2n) is 5.34. The molecule has 0 bridgehead atoms. The van der Waals surface area contributed by atoms with Gasteiger partial charge in [-0.15, -0.1) is 11.3 Å². The van der Waals surface area contributed by atoms with Crippen molar-refractivity contribution in [3.63, 3.8) is 0 Å². The van der Waals surface area contributed by atoms with Crippen molar-refractivity contribution in [3.8, 4) is 0 Å². The molecular formula is C16H20N4O2S. The zero-order valence-corrected chi connectivity index (χ0v) is 14.2. The lowest BCUT2D eigenvalue weighted by Crippen LogP contribution is -2.33. The van der Waals surface area contributed by atoms with Crippen LogP contribution in [-0.2, 0) is 11.3 Å². The summed E-state index contributed by atoms with van der Waals surface area (Å²) in [5, 5.41) is 7.71. The Morgan fingerprint density at radius 2 is 1.87 bits per heavy atom. The number of nitrogens with zero attached hydrogens (tertiary/aromatic N) is 1. The molecule has 122 valence electrons. The van der Waals surface area contributed by atoms with Crippen molar-refractivity contribution < 1.29 is 9.59 Å². The lowest BCUT2D eigenvalue weighted by Gasteiger charge is -2.13. The van der Waals surface area contributed by atoms with Crippen LogP contribution in [0.25, 0.3) is 0 Å². The second-order valence-corrected chi connectivity index (χ2v) is 6.28. The minimum Gasteiger partial charge on any atom is -0.342 e. The lowest BCUT2D eigenvalue weighted by molar-refractivity contribution is -0.115. The molecule has 6 nitrogen and oxygen atoms in total. The van der Waals surface area contributed by atoms with Gasteiger partial charge in [0.15, 0.2) is 0 Å². The summed E-state index contributed by atoms with van der Waals surface area (Å²) in [6, 6.07) is 4.01. The molecule has 23 heavy (non-hydrogen) atoms. The van der Waals surface area contributed by atoms with Gasteiger partial charge < -0.3 is 16.4 Å². The van der Waals surface area contributed by atoms with Crippen molar-refractivity contribution in [2.45, 2.75) is 27.3 Å². The second kappa shape index (κ2) is 7.34. The standard InChI is InChI=1S/C16H20N4O2S/c1-9-4-10(2)15(11(3)5-9)20-13(21)7-18-16(22)12-8-23-14(6-17)19-12/h4-5,8H,6-7,17H2,1-3H3,(H,18,22)(H,20,21). The molecular weight excluding hydrogens is 312 g/mol. The van der Waals surface area contributed by atoms with E-state index in [1.54, 1.807) is 5.38 Å². The molecule has 0 fully saturated rings. The Labute approximate surface area is 139 Å². The first kappa shape index (κ1) is 17.1. The molecule has 0 aliphatic rings. The molecule has 0 radical (unpaired) electrons. The van der Waals surface area contributed by atoms with Crippen LogP contribution in [0.1, 0.15) is 32.2 Å². The van der Waals surface area contributed by atoms with Crippen molar-refractivity contribution in [3.05, 3.63) is 44.9 Å². The summed E-state index contributed by atoms with van der Waals surface area (Å²) >= 11 is 1.32. The van der Waals surface area contributed by atoms with Crippen LogP contribution >= 0.6 is 11.3 Å². The number of amides is 2. The van der Waals surface area contributed by atoms with Crippen LogP contribution < -0.4 is 16.4 Å². The number of hydrogen-bond acceptors (Lipinski definition) is 5. The minimum atomic E-state index is -0.381. The van der Waals surface area contributed by atoms with E-state index in [4.69, 9.17) is 5.73 Å². The maximum atomic E-state index is 12.0. The predicted molar refractivity (Wildman–Crippen MR) is 91.6 cm³/mol. The van der Waals surface area contributed by atoms with Crippen LogP contribution in [0, 0.1) is 20.8 Å².